The van der Waals surface area contributed by atoms with Crippen molar-refractivity contribution in [3.63, 3.8) is 0 Å². The van der Waals surface area contributed by atoms with Crippen molar-refractivity contribution >= 4 is 143 Å². The second kappa shape index (κ2) is 29.3. The predicted molar refractivity (Wildman–Crippen MR) is 575 cm³/mol. The summed E-state index contributed by atoms with van der Waals surface area (Å²) in [6, 6.07) is 182. The maximum absolute atomic E-state index is 6.42. The highest BCUT2D eigenvalue weighted by atomic mass is 16.3. The van der Waals surface area contributed by atoms with Crippen molar-refractivity contribution in [1.29, 1.82) is 0 Å². The number of hydrogen-bond donors (Lipinski definition) is 0. The summed E-state index contributed by atoms with van der Waals surface area (Å²) in [5.74, 6) is 0. The van der Waals surface area contributed by atoms with Gasteiger partial charge in [-0.25, -0.2) is 0 Å². The van der Waals surface area contributed by atoms with Crippen LogP contribution in [0, 0.1) is 0 Å². The molecule has 1 unspecified atom stereocenters. The van der Waals surface area contributed by atoms with Crippen LogP contribution < -0.4 is 9.80 Å². The predicted octanol–water partition coefficient (Wildman–Crippen LogP) is 36.4. The molecule has 0 N–H and O–H groups in total. The standard InChI is InChI=1S/C134H80N2O2/c1-2-28-97-95(26-1)96-27-3-4-29-98(96)114-79-93(66-71-102(97)114)135(91-62-54-82(55-63-91)81-50-52-83(53-51-81)89-59-69-109-107-35-12-19-48-127(107)137-129(109)77-89)126-47-23-45-124-132(126)112-38-11-18-43-121(112)134(124)119-41-16-9-34-106(119)116-76-88(61-73-122(116)134)87-58-68-101-103-72-67-94(80-115(103)100-31-6-5-30-99(100)113(101)75-87)136(92-64-56-84(57-65-92)85-24-21-25-86(74-85)90-60-70-110-108-36-13-20-49-128(108)138-130(110)78-90)125-46-22-44-123-131(125)111-37-10-17-42-120(111)133(123)117-39-14-7-32-104(117)105-33-8-15-40-118(105)133/h1-80H. The Labute approximate surface area is 796 Å². The van der Waals surface area contributed by atoms with Crippen molar-refractivity contribution in [2.24, 2.45) is 0 Å². The molecule has 638 valence electrons. The van der Waals surface area contributed by atoms with Gasteiger partial charge in [0.25, 0.3) is 0 Å². The summed E-state index contributed by atoms with van der Waals surface area (Å²) in [5, 5.41) is 19.2. The summed E-state index contributed by atoms with van der Waals surface area (Å²) in [7, 11) is 0. The van der Waals surface area contributed by atoms with Gasteiger partial charge in [0, 0.05) is 55.4 Å². The van der Waals surface area contributed by atoms with Gasteiger partial charge in [-0.15, -0.1) is 0 Å². The fourth-order valence-electron chi connectivity index (χ4n) is 25.2. The second-order valence-electron chi connectivity index (χ2n) is 37.8. The number of rotatable bonds is 11. The molecular weight excluding hydrogens is 1670 g/mol. The average molecular weight is 1750 g/mol. The van der Waals surface area contributed by atoms with E-state index in [1.54, 1.807) is 0 Å². The monoisotopic (exact) mass is 1750 g/mol. The zero-order valence-corrected chi connectivity index (χ0v) is 74.9. The van der Waals surface area contributed by atoms with Crippen LogP contribution in [0.25, 0.3) is 209 Å². The summed E-state index contributed by atoms with van der Waals surface area (Å²) in [4.78, 5) is 5.08. The zero-order valence-electron chi connectivity index (χ0n) is 74.9. The van der Waals surface area contributed by atoms with Gasteiger partial charge in [-0.05, 0) is 313 Å². The van der Waals surface area contributed by atoms with Crippen LogP contribution in [0.5, 0.6) is 0 Å². The number of anilines is 6. The molecule has 0 aliphatic heterocycles. The van der Waals surface area contributed by atoms with E-state index in [1.807, 2.05) is 24.3 Å². The number of hydrogen-bond acceptors (Lipinski definition) is 4. The molecule has 2 aromatic heterocycles. The Morgan fingerprint density at radius 1 is 0.138 bits per heavy atom. The van der Waals surface area contributed by atoms with Gasteiger partial charge in [-0.1, -0.05) is 370 Å². The third-order valence-corrected chi connectivity index (χ3v) is 31.1. The molecule has 1 atom stereocenters. The van der Waals surface area contributed by atoms with Gasteiger partial charge >= 0.3 is 0 Å². The minimum absolute atomic E-state index is 0.533. The number of fused-ring (bicyclic) bond motifs is 38. The van der Waals surface area contributed by atoms with Crippen molar-refractivity contribution in [1.82, 2.24) is 0 Å². The molecule has 26 aromatic rings. The molecule has 2 heterocycles. The minimum Gasteiger partial charge on any atom is -0.456 e. The first kappa shape index (κ1) is 76.6. The van der Waals surface area contributed by atoms with Gasteiger partial charge in [0.2, 0.25) is 0 Å². The van der Waals surface area contributed by atoms with Crippen LogP contribution in [0.15, 0.2) is 494 Å². The van der Waals surface area contributed by atoms with E-state index in [1.165, 1.54) is 165 Å². The van der Waals surface area contributed by atoms with Crippen molar-refractivity contribution in [3.05, 3.63) is 530 Å². The Kier molecular flexibility index (Phi) is 16.2. The summed E-state index contributed by atoms with van der Waals surface area (Å²) in [6.07, 6.45) is 0. The third-order valence-electron chi connectivity index (χ3n) is 31.1. The van der Waals surface area contributed by atoms with Crippen LogP contribution in [0.2, 0.25) is 0 Å². The molecule has 0 saturated heterocycles. The number of benzene rings is 24. The topological polar surface area (TPSA) is 32.8 Å². The summed E-state index contributed by atoms with van der Waals surface area (Å²) in [6.45, 7) is 0. The Morgan fingerprint density at radius 3 is 0.848 bits per heavy atom. The molecule has 4 heteroatoms. The van der Waals surface area contributed by atoms with Crippen molar-refractivity contribution < 1.29 is 8.83 Å². The van der Waals surface area contributed by atoms with Crippen molar-refractivity contribution in [3.8, 4) is 100 Å². The fraction of sp³-hybridized carbons (Fsp3) is 0.0149. The van der Waals surface area contributed by atoms with Gasteiger partial charge in [0.1, 0.15) is 22.3 Å². The summed E-state index contributed by atoms with van der Waals surface area (Å²) < 4.78 is 12.8. The van der Waals surface area contributed by atoms with E-state index in [-0.39, 0.29) is 0 Å². The minimum atomic E-state index is -0.649. The van der Waals surface area contributed by atoms with E-state index in [0.717, 1.165) is 123 Å². The number of nitrogens with zero attached hydrogens (tertiary/aromatic N) is 2. The van der Waals surface area contributed by atoms with Gasteiger partial charge < -0.3 is 18.6 Å². The van der Waals surface area contributed by atoms with E-state index in [4.69, 9.17) is 8.83 Å². The lowest BCUT2D eigenvalue weighted by Gasteiger charge is -2.32. The van der Waals surface area contributed by atoms with E-state index < -0.39 is 10.8 Å². The molecule has 0 saturated carbocycles. The molecule has 4 aliphatic carbocycles. The molecular formula is C134H80N2O2. The van der Waals surface area contributed by atoms with Gasteiger partial charge in [-0.2, -0.15) is 0 Å². The molecule has 0 amide bonds. The SMILES string of the molecule is c1cc(-c2ccc(N(c3ccc4c5ccc(-c6ccc7c(c6)-c6ccccc6C76c7ccccc7-c7c(N(c8ccc(-c9ccc(-c%10ccc%11c(c%10)oc%10ccccc%10%11)cc9)cc8)c8ccc9c%10ccccc%10c%10ccccc%10c9c8)cccc76)cc5c5ccccc5c4c3)c3cccc4c3-c3ccccc3C43c4ccccc4-c4ccccc43)cc2)cc(-c2ccc3c(c2)oc2ccccc23)c1. The third kappa shape index (κ3) is 10.9. The quantitative estimate of drug-likeness (QED) is 0.121. The van der Waals surface area contributed by atoms with E-state index >= 15 is 0 Å². The first-order chi connectivity index (χ1) is 68.4. The zero-order chi connectivity index (χ0) is 90.2. The Morgan fingerprint density at radius 2 is 0.399 bits per heavy atom. The second-order valence-corrected chi connectivity index (χ2v) is 37.8. The molecule has 2 spiro atoms. The fourth-order valence-corrected chi connectivity index (χ4v) is 25.2. The van der Waals surface area contributed by atoms with Crippen LogP contribution in [-0.4, -0.2) is 0 Å². The van der Waals surface area contributed by atoms with Crippen LogP contribution in [0.4, 0.5) is 34.1 Å². The highest BCUT2D eigenvalue weighted by Crippen LogP contribution is 2.68. The van der Waals surface area contributed by atoms with Crippen LogP contribution in [0.1, 0.15) is 44.5 Å². The lowest BCUT2D eigenvalue weighted by molar-refractivity contribution is 0.668. The highest BCUT2D eigenvalue weighted by molar-refractivity contribution is 6.28. The first-order valence-corrected chi connectivity index (χ1v) is 47.9. The van der Waals surface area contributed by atoms with Crippen molar-refractivity contribution in [2.75, 3.05) is 9.80 Å². The van der Waals surface area contributed by atoms with Gasteiger partial charge in [-0.3, -0.25) is 0 Å². The van der Waals surface area contributed by atoms with E-state index in [0.29, 0.717) is 0 Å². The van der Waals surface area contributed by atoms with E-state index in [9.17, 15) is 0 Å². The normalized spacial score (nSPS) is 13.9. The summed E-state index contributed by atoms with van der Waals surface area (Å²) in [5.41, 5.74) is 40.7. The van der Waals surface area contributed by atoms with Crippen molar-refractivity contribution in [2.45, 2.75) is 10.8 Å². The molecule has 4 aliphatic rings. The van der Waals surface area contributed by atoms with E-state index in [2.05, 4.69) is 471 Å². The molecule has 0 radical (unpaired) electrons. The van der Waals surface area contributed by atoms with Gasteiger partial charge in [0.05, 0.1) is 22.2 Å². The molecule has 24 aromatic carbocycles. The molecule has 30 rings (SSSR count). The van der Waals surface area contributed by atoms with Crippen LogP contribution in [-0.2, 0) is 10.8 Å². The highest BCUT2D eigenvalue weighted by Gasteiger charge is 2.55. The molecule has 0 bridgehead atoms. The molecule has 4 nitrogen and oxygen atoms in total. The Balaban J connectivity index is 0.543. The Hall–Kier alpha value is -18.0. The average Bonchev–Trinajstić information content (AvgIpc) is 1.51. The first-order valence-electron chi connectivity index (χ1n) is 47.9. The lowest BCUT2D eigenvalue weighted by Crippen LogP contribution is -2.26. The maximum atomic E-state index is 6.42. The number of furan rings is 2. The molecule has 0 fully saturated rings. The van der Waals surface area contributed by atoms with Crippen LogP contribution >= 0.6 is 0 Å². The summed E-state index contributed by atoms with van der Waals surface area (Å²) >= 11 is 0. The largest absolute Gasteiger partial charge is 0.456 e. The smallest absolute Gasteiger partial charge is 0.136 e. The maximum Gasteiger partial charge on any atom is 0.136 e. The number of para-hydroxylation sites is 2. The Bertz CT molecular complexity index is 9650. The molecule has 138 heavy (non-hydrogen) atoms. The van der Waals surface area contributed by atoms with Crippen LogP contribution in [0.3, 0.4) is 0 Å². The lowest BCUT2D eigenvalue weighted by atomic mass is 9.70. The van der Waals surface area contributed by atoms with Gasteiger partial charge in [0.15, 0.2) is 0 Å².